The summed E-state index contributed by atoms with van der Waals surface area (Å²) in [5.41, 5.74) is 4.02. The Morgan fingerprint density at radius 2 is 1.63 bits per heavy atom. The molecular weight excluding hydrogens is 379 g/mol. The number of aromatic nitrogens is 2. The lowest BCUT2D eigenvalue weighted by Crippen LogP contribution is -2.08. The number of pyridine rings is 2. The summed E-state index contributed by atoms with van der Waals surface area (Å²) in [5, 5.41) is 0. The summed E-state index contributed by atoms with van der Waals surface area (Å²) in [5.74, 6) is 0.131. The molecule has 0 aliphatic carbocycles. The number of halogens is 1. The van der Waals surface area contributed by atoms with Crippen molar-refractivity contribution in [2.24, 2.45) is 0 Å². The molecule has 0 atom stereocenters. The van der Waals surface area contributed by atoms with Gasteiger partial charge in [-0.25, -0.2) is 4.39 Å². The maximum atomic E-state index is 13.1. The predicted octanol–water partition coefficient (Wildman–Crippen LogP) is 5.29. The highest BCUT2D eigenvalue weighted by Crippen LogP contribution is 2.28. The van der Waals surface area contributed by atoms with Gasteiger partial charge in [-0.3, -0.25) is 14.8 Å². The standard InChI is InChI=1S/C25H19FN2O2/c26-22-6-3-18(4-7-22)17-30-25-8-5-21(20-9-12-27-13-10-20)15-23(25)24(29)14-19-2-1-11-28-16-19/h1-13,15-16H,14,17H2. The molecule has 148 valence electrons. The van der Waals surface area contributed by atoms with Crippen molar-refractivity contribution in [1.29, 1.82) is 0 Å². The Hall–Kier alpha value is -3.86. The summed E-state index contributed by atoms with van der Waals surface area (Å²) in [6.07, 6.45) is 7.01. The smallest absolute Gasteiger partial charge is 0.171 e. The van der Waals surface area contributed by atoms with Gasteiger partial charge < -0.3 is 4.74 Å². The third-order valence-corrected chi connectivity index (χ3v) is 4.69. The molecule has 2 heterocycles. The van der Waals surface area contributed by atoms with E-state index in [0.717, 1.165) is 22.3 Å². The topological polar surface area (TPSA) is 52.1 Å². The molecule has 30 heavy (non-hydrogen) atoms. The summed E-state index contributed by atoms with van der Waals surface area (Å²) < 4.78 is 19.1. The second-order valence-electron chi connectivity index (χ2n) is 6.82. The first kappa shape index (κ1) is 19.5. The molecule has 4 nitrogen and oxygen atoms in total. The first-order chi connectivity index (χ1) is 14.7. The first-order valence-corrected chi connectivity index (χ1v) is 9.53. The highest BCUT2D eigenvalue weighted by atomic mass is 19.1. The maximum Gasteiger partial charge on any atom is 0.171 e. The largest absolute Gasteiger partial charge is 0.488 e. The van der Waals surface area contributed by atoms with Gasteiger partial charge in [-0.15, -0.1) is 0 Å². The van der Waals surface area contributed by atoms with Crippen LogP contribution in [0.5, 0.6) is 5.75 Å². The van der Waals surface area contributed by atoms with Gasteiger partial charge in [0, 0.05) is 31.2 Å². The van der Waals surface area contributed by atoms with Gasteiger partial charge in [0.1, 0.15) is 18.2 Å². The zero-order valence-corrected chi connectivity index (χ0v) is 16.2. The zero-order valence-electron chi connectivity index (χ0n) is 16.2. The number of Topliss-reactive ketones (excluding diaryl/α,β-unsaturated/α-hetero) is 1. The molecule has 0 radical (unpaired) electrons. The second-order valence-corrected chi connectivity index (χ2v) is 6.82. The monoisotopic (exact) mass is 398 g/mol. The van der Waals surface area contributed by atoms with Crippen molar-refractivity contribution < 1.29 is 13.9 Å². The van der Waals surface area contributed by atoms with Gasteiger partial charge in [-0.2, -0.15) is 0 Å². The number of benzene rings is 2. The molecule has 0 fully saturated rings. The van der Waals surface area contributed by atoms with E-state index in [1.807, 2.05) is 36.4 Å². The number of ketones is 1. The van der Waals surface area contributed by atoms with Gasteiger partial charge in [-0.05, 0) is 64.7 Å². The van der Waals surface area contributed by atoms with Gasteiger partial charge >= 0.3 is 0 Å². The molecule has 0 unspecified atom stereocenters. The molecule has 0 saturated carbocycles. The lowest BCUT2D eigenvalue weighted by Gasteiger charge is -2.13. The molecule has 0 N–H and O–H groups in total. The molecule has 2 aromatic carbocycles. The number of nitrogens with zero attached hydrogens (tertiary/aromatic N) is 2. The van der Waals surface area contributed by atoms with Crippen LogP contribution < -0.4 is 4.74 Å². The van der Waals surface area contributed by atoms with E-state index in [4.69, 9.17) is 4.74 Å². The highest BCUT2D eigenvalue weighted by Gasteiger charge is 2.15. The van der Waals surface area contributed by atoms with Crippen LogP contribution in [0, 0.1) is 5.82 Å². The highest BCUT2D eigenvalue weighted by molar-refractivity contribution is 6.01. The first-order valence-electron chi connectivity index (χ1n) is 9.53. The maximum absolute atomic E-state index is 13.1. The quantitative estimate of drug-likeness (QED) is 0.397. The van der Waals surface area contributed by atoms with Crippen LogP contribution in [0.4, 0.5) is 4.39 Å². The average Bonchev–Trinajstić information content (AvgIpc) is 2.80. The van der Waals surface area contributed by atoms with E-state index < -0.39 is 0 Å². The van der Waals surface area contributed by atoms with Gasteiger partial charge in [0.2, 0.25) is 0 Å². The van der Waals surface area contributed by atoms with Gasteiger partial charge in [0.05, 0.1) is 5.56 Å². The van der Waals surface area contributed by atoms with Crippen LogP contribution in [0.1, 0.15) is 21.5 Å². The van der Waals surface area contributed by atoms with E-state index in [0.29, 0.717) is 11.3 Å². The second kappa shape index (κ2) is 9.09. The minimum atomic E-state index is -0.298. The van der Waals surface area contributed by atoms with Crippen molar-refractivity contribution >= 4 is 5.78 Å². The number of hydrogen-bond acceptors (Lipinski definition) is 4. The fraction of sp³-hybridized carbons (Fsp3) is 0.0800. The minimum Gasteiger partial charge on any atom is -0.488 e. The fourth-order valence-corrected chi connectivity index (χ4v) is 3.12. The Labute approximate surface area is 174 Å². The molecule has 5 heteroatoms. The number of carbonyl (C=O) groups is 1. The molecule has 0 saturated heterocycles. The number of carbonyl (C=O) groups excluding carboxylic acids is 1. The SMILES string of the molecule is O=C(Cc1cccnc1)c1cc(-c2ccncc2)ccc1OCc1ccc(F)cc1. The normalized spacial score (nSPS) is 10.6. The van der Waals surface area contributed by atoms with Crippen molar-refractivity contribution in [1.82, 2.24) is 9.97 Å². The van der Waals surface area contributed by atoms with Gasteiger partial charge in [0.25, 0.3) is 0 Å². The van der Waals surface area contributed by atoms with E-state index in [9.17, 15) is 9.18 Å². The Bertz CT molecular complexity index is 1130. The lowest BCUT2D eigenvalue weighted by molar-refractivity contribution is 0.0988. The van der Waals surface area contributed by atoms with Crippen molar-refractivity contribution in [2.45, 2.75) is 13.0 Å². The molecule has 2 aromatic heterocycles. The third-order valence-electron chi connectivity index (χ3n) is 4.69. The number of hydrogen-bond donors (Lipinski definition) is 0. The number of ether oxygens (including phenoxy) is 1. The lowest BCUT2D eigenvalue weighted by atomic mass is 9.98. The summed E-state index contributed by atoms with van der Waals surface area (Å²) in [4.78, 5) is 21.2. The fourth-order valence-electron chi connectivity index (χ4n) is 3.12. The molecule has 4 aromatic rings. The van der Waals surface area contributed by atoms with E-state index in [-0.39, 0.29) is 24.6 Å². The van der Waals surface area contributed by atoms with Gasteiger partial charge in [0.15, 0.2) is 5.78 Å². The third kappa shape index (κ3) is 4.75. The van der Waals surface area contributed by atoms with Crippen LogP contribution in [0.2, 0.25) is 0 Å². The van der Waals surface area contributed by atoms with Crippen molar-refractivity contribution in [3.05, 3.63) is 114 Å². The summed E-state index contributed by atoms with van der Waals surface area (Å²) in [6.45, 7) is 0.238. The summed E-state index contributed by atoms with van der Waals surface area (Å²) in [6, 6.07) is 19.1. The summed E-state index contributed by atoms with van der Waals surface area (Å²) >= 11 is 0. The molecule has 0 spiro atoms. The number of rotatable bonds is 7. The van der Waals surface area contributed by atoms with Crippen LogP contribution >= 0.6 is 0 Å². The molecule has 0 amide bonds. The van der Waals surface area contributed by atoms with Crippen molar-refractivity contribution in [3.63, 3.8) is 0 Å². The molecule has 0 aliphatic heterocycles. The Balaban J connectivity index is 1.63. The van der Waals surface area contributed by atoms with E-state index in [1.165, 1.54) is 12.1 Å². The van der Waals surface area contributed by atoms with E-state index in [1.54, 1.807) is 43.0 Å². The molecule has 0 bridgehead atoms. The van der Waals surface area contributed by atoms with Crippen LogP contribution in [-0.4, -0.2) is 15.8 Å². The van der Waals surface area contributed by atoms with Crippen LogP contribution in [0.15, 0.2) is 91.5 Å². The molecular formula is C25H19FN2O2. The Morgan fingerprint density at radius 3 is 2.37 bits per heavy atom. The Kier molecular flexibility index (Phi) is 5.90. The average molecular weight is 398 g/mol. The Morgan fingerprint density at radius 1 is 0.833 bits per heavy atom. The van der Waals surface area contributed by atoms with Gasteiger partial charge in [-0.1, -0.05) is 24.3 Å². The van der Waals surface area contributed by atoms with Crippen molar-refractivity contribution in [3.8, 4) is 16.9 Å². The summed E-state index contributed by atoms with van der Waals surface area (Å²) in [7, 11) is 0. The van der Waals surface area contributed by atoms with Crippen LogP contribution in [0.25, 0.3) is 11.1 Å². The van der Waals surface area contributed by atoms with E-state index >= 15 is 0 Å². The molecule has 4 rings (SSSR count). The van der Waals surface area contributed by atoms with Crippen molar-refractivity contribution in [2.75, 3.05) is 0 Å². The zero-order chi connectivity index (χ0) is 20.8. The minimum absolute atomic E-state index is 0.0620. The van der Waals surface area contributed by atoms with Crippen LogP contribution in [-0.2, 0) is 13.0 Å². The van der Waals surface area contributed by atoms with E-state index in [2.05, 4.69) is 9.97 Å². The van der Waals surface area contributed by atoms with Crippen LogP contribution in [0.3, 0.4) is 0 Å². The predicted molar refractivity (Wildman–Crippen MR) is 113 cm³/mol. The molecule has 0 aliphatic rings.